The molecule has 0 aliphatic rings. The van der Waals surface area contributed by atoms with Crippen LogP contribution >= 0.6 is 0 Å². The molecule has 0 aliphatic heterocycles. The lowest BCUT2D eigenvalue weighted by Crippen LogP contribution is -2.37. The van der Waals surface area contributed by atoms with Crippen LogP contribution in [0.1, 0.15) is 24.1 Å². The van der Waals surface area contributed by atoms with Crippen molar-refractivity contribution in [3.8, 4) is 17.2 Å². The number of nitrogens with one attached hydrogen (secondary N) is 1. The molecule has 0 fully saturated rings. The Labute approximate surface area is 180 Å². The summed E-state index contributed by atoms with van der Waals surface area (Å²) in [4.78, 5) is 2.15. The molecule has 0 spiro atoms. The van der Waals surface area contributed by atoms with Crippen LogP contribution in [0.4, 0.5) is 0 Å². The van der Waals surface area contributed by atoms with Gasteiger partial charge in [0.2, 0.25) is 0 Å². The van der Waals surface area contributed by atoms with Crippen molar-refractivity contribution in [1.29, 1.82) is 0 Å². The average Bonchev–Trinajstić information content (AvgIpc) is 2.75. The molecule has 0 heterocycles. The van der Waals surface area contributed by atoms with E-state index in [0.29, 0.717) is 24.6 Å². The van der Waals surface area contributed by atoms with Gasteiger partial charge in [-0.15, -0.1) is 0 Å². The molecule has 2 atom stereocenters. The van der Waals surface area contributed by atoms with Crippen LogP contribution in [0.15, 0.2) is 48.5 Å². The summed E-state index contributed by atoms with van der Waals surface area (Å²) in [6.45, 7) is 3.29. The molecule has 0 aromatic heterocycles. The zero-order valence-electron chi connectivity index (χ0n) is 18.6. The highest BCUT2D eigenvalue weighted by Gasteiger charge is 2.15. The van der Waals surface area contributed by atoms with E-state index in [1.807, 2.05) is 63.5 Å². The fraction of sp³-hybridized carbons (Fsp3) is 0.417. The molecule has 30 heavy (non-hydrogen) atoms. The van der Waals surface area contributed by atoms with Gasteiger partial charge >= 0.3 is 0 Å². The lowest BCUT2D eigenvalue weighted by molar-refractivity contribution is 0.103. The van der Waals surface area contributed by atoms with Crippen LogP contribution in [-0.2, 0) is 0 Å². The van der Waals surface area contributed by atoms with Crippen LogP contribution in [-0.4, -0.2) is 64.1 Å². The number of aliphatic hydroxyl groups is 1. The molecule has 2 N–H and O–H groups in total. The molecule has 164 valence electrons. The van der Waals surface area contributed by atoms with Crippen molar-refractivity contribution >= 4 is 6.08 Å². The van der Waals surface area contributed by atoms with Crippen LogP contribution in [0.5, 0.6) is 17.2 Å². The fourth-order valence-corrected chi connectivity index (χ4v) is 3.16. The summed E-state index contributed by atoms with van der Waals surface area (Å²) in [5, 5.41) is 13.7. The normalized spacial score (nSPS) is 13.4. The van der Waals surface area contributed by atoms with Gasteiger partial charge in [-0.3, -0.25) is 0 Å². The van der Waals surface area contributed by atoms with Crippen molar-refractivity contribution in [2.75, 3.05) is 48.0 Å². The molecule has 6 heteroatoms. The Hall–Kier alpha value is -2.54. The van der Waals surface area contributed by atoms with Crippen molar-refractivity contribution in [1.82, 2.24) is 10.2 Å². The van der Waals surface area contributed by atoms with E-state index < -0.39 is 6.10 Å². The highest BCUT2D eigenvalue weighted by atomic mass is 16.5. The fourth-order valence-electron chi connectivity index (χ4n) is 3.16. The minimum absolute atomic E-state index is 0.182. The maximum Gasteiger partial charge on any atom is 0.161 e. The highest BCUT2D eigenvalue weighted by Crippen LogP contribution is 2.28. The number of rotatable bonds is 12. The Morgan fingerprint density at radius 1 is 1.00 bits per heavy atom. The molecule has 0 bridgehead atoms. The van der Waals surface area contributed by atoms with Crippen LogP contribution < -0.4 is 19.5 Å². The minimum atomic E-state index is -0.636. The number of methoxy groups -OCH3 is 2. The average molecular weight is 415 g/mol. The van der Waals surface area contributed by atoms with Crippen molar-refractivity contribution in [2.45, 2.75) is 19.1 Å². The molecule has 2 aromatic carbocycles. The number of ether oxygens (including phenoxy) is 3. The van der Waals surface area contributed by atoms with E-state index in [2.05, 4.69) is 22.3 Å². The quantitative estimate of drug-likeness (QED) is 0.555. The number of hydrogen-bond donors (Lipinski definition) is 2. The molecular weight excluding hydrogens is 380 g/mol. The van der Waals surface area contributed by atoms with Crippen molar-refractivity contribution in [3.05, 3.63) is 59.7 Å². The summed E-state index contributed by atoms with van der Waals surface area (Å²) in [5.41, 5.74) is 2.22. The van der Waals surface area contributed by atoms with Gasteiger partial charge in [0, 0.05) is 19.1 Å². The molecule has 6 nitrogen and oxygen atoms in total. The van der Waals surface area contributed by atoms with Gasteiger partial charge in [0.05, 0.1) is 14.2 Å². The largest absolute Gasteiger partial charge is 0.497 e. The predicted molar refractivity (Wildman–Crippen MR) is 121 cm³/mol. The molecule has 2 rings (SSSR count). The first kappa shape index (κ1) is 23.7. The first-order valence-electron chi connectivity index (χ1n) is 10.1. The monoisotopic (exact) mass is 414 g/mol. The van der Waals surface area contributed by atoms with Crippen LogP contribution in [0.25, 0.3) is 6.08 Å². The van der Waals surface area contributed by atoms with E-state index in [1.54, 1.807) is 14.2 Å². The third kappa shape index (κ3) is 7.06. The van der Waals surface area contributed by atoms with E-state index in [9.17, 15) is 5.11 Å². The van der Waals surface area contributed by atoms with Gasteiger partial charge in [0.1, 0.15) is 18.5 Å². The third-order valence-electron chi connectivity index (χ3n) is 4.82. The van der Waals surface area contributed by atoms with E-state index in [4.69, 9.17) is 14.2 Å². The molecular formula is C24H34N2O4. The van der Waals surface area contributed by atoms with Gasteiger partial charge in [0.15, 0.2) is 11.5 Å². The zero-order chi connectivity index (χ0) is 21.9. The van der Waals surface area contributed by atoms with Crippen LogP contribution in [0.3, 0.4) is 0 Å². The Kier molecular flexibility index (Phi) is 9.67. The lowest BCUT2D eigenvalue weighted by atomic mass is 10.1. The maximum atomic E-state index is 10.3. The third-order valence-corrected chi connectivity index (χ3v) is 4.82. The second-order valence-corrected chi connectivity index (χ2v) is 7.29. The molecule has 0 saturated carbocycles. The second kappa shape index (κ2) is 12.2. The Morgan fingerprint density at radius 2 is 1.73 bits per heavy atom. The molecule has 2 aromatic rings. The predicted octanol–water partition coefficient (Wildman–Crippen LogP) is 3.37. The Balaban J connectivity index is 1.85. The summed E-state index contributed by atoms with van der Waals surface area (Å²) in [6.07, 6.45) is 3.33. The molecule has 0 radical (unpaired) electrons. The number of nitrogens with zero attached hydrogens (tertiary/aromatic N) is 1. The van der Waals surface area contributed by atoms with E-state index in [-0.39, 0.29) is 12.6 Å². The smallest absolute Gasteiger partial charge is 0.161 e. The standard InChI is InChI=1S/C24H34N2O4/c1-6-7-18-8-13-23(24(14-18)29-5)30-17-20(27)15-25-16-22(26(2)3)19-9-11-21(28-4)12-10-19/h6-14,20,22,25,27H,15-17H2,1-5H3/b7-6+/t20-,22-/m1/s1. The number of hydrogen-bond acceptors (Lipinski definition) is 6. The number of allylic oxidation sites excluding steroid dienone is 1. The van der Waals surface area contributed by atoms with Gasteiger partial charge in [0.25, 0.3) is 0 Å². The SMILES string of the molecule is C/C=C/c1ccc(OC[C@H](O)CNC[C@H](c2ccc(OC)cc2)N(C)C)c(OC)c1. The maximum absolute atomic E-state index is 10.3. The van der Waals surface area contributed by atoms with Gasteiger partial charge in [-0.2, -0.15) is 0 Å². The Morgan fingerprint density at radius 3 is 2.33 bits per heavy atom. The van der Waals surface area contributed by atoms with Crippen molar-refractivity contribution < 1.29 is 19.3 Å². The highest BCUT2D eigenvalue weighted by molar-refractivity contribution is 5.55. The molecule has 0 saturated heterocycles. The summed E-state index contributed by atoms with van der Waals surface area (Å²) in [6, 6.07) is 14.0. The summed E-state index contributed by atoms with van der Waals surface area (Å²) in [5.74, 6) is 2.11. The number of aliphatic hydroxyl groups excluding tert-OH is 1. The molecule has 0 unspecified atom stereocenters. The van der Waals surface area contributed by atoms with Crippen LogP contribution in [0, 0.1) is 0 Å². The second-order valence-electron chi connectivity index (χ2n) is 7.29. The molecule has 0 amide bonds. The van der Waals surface area contributed by atoms with E-state index in [0.717, 1.165) is 11.3 Å². The van der Waals surface area contributed by atoms with E-state index in [1.165, 1.54) is 5.56 Å². The topological polar surface area (TPSA) is 63.2 Å². The van der Waals surface area contributed by atoms with E-state index >= 15 is 0 Å². The van der Waals surface area contributed by atoms with Gasteiger partial charge < -0.3 is 29.5 Å². The zero-order valence-corrected chi connectivity index (χ0v) is 18.6. The van der Waals surface area contributed by atoms with Gasteiger partial charge in [-0.05, 0) is 56.4 Å². The summed E-state index contributed by atoms with van der Waals surface area (Å²) in [7, 11) is 7.36. The number of likely N-dealkylation sites (N-methyl/N-ethyl adjacent to an activating group) is 1. The minimum Gasteiger partial charge on any atom is -0.497 e. The lowest BCUT2D eigenvalue weighted by Gasteiger charge is -2.26. The van der Waals surface area contributed by atoms with Gasteiger partial charge in [-0.25, -0.2) is 0 Å². The Bertz CT molecular complexity index is 790. The van der Waals surface area contributed by atoms with Crippen molar-refractivity contribution in [2.24, 2.45) is 0 Å². The van der Waals surface area contributed by atoms with Crippen molar-refractivity contribution in [3.63, 3.8) is 0 Å². The van der Waals surface area contributed by atoms with Gasteiger partial charge in [-0.1, -0.05) is 30.4 Å². The number of benzene rings is 2. The molecule has 0 aliphatic carbocycles. The van der Waals surface area contributed by atoms with Crippen LogP contribution in [0.2, 0.25) is 0 Å². The first-order valence-corrected chi connectivity index (χ1v) is 10.1. The first-order chi connectivity index (χ1) is 14.5. The summed E-state index contributed by atoms with van der Waals surface area (Å²) >= 11 is 0. The summed E-state index contributed by atoms with van der Waals surface area (Å²) < 4.78 is 16.4.